The van der Waals surface area contributed by atoms with Gasteiger partial charge in [0.2, 0.25) is 11.9 Å². The van der Waals surface area contributed by atoms with Gasteiger partial charge in [-0.1, -0.05) is 26.0 Å². The molecule has 1 unspecified atom stereocenters. The number of likely N-dealkylation sites (N-methyl/N-ethyl adjacent to an activating group) is 1. The summed E-state index contributed by atoms with van der Waals surface area (Å²) in [6.07, 6.45) is 8.03. The van der Waals surface area contributed by atoms with Crippen molar-refractivity contribution >= 4 is 29.1 Å². The van der Waals surface area contributed by atoms with Crippen molar-refractivity contribution in [3.8, 4) is 6.01 Å². The molecule has 0 aliphatic carbocycles. The molecule has 46 heavy (non-hydrogen) atoms. The van der Waals surface area contributed by atoms with E-state index in [4.69, 9.17) is 9.72 Å². The van der Waals surface area contributed by atoms with Crippen LogP contribution in [0.1, 0.15) is 56.6 Å². The number of likely N-dealkylation sites (tertiary alicyclic amines) is 1. The van der Waals surface area contributed by atoms with Gasteiger partial charge in [0.25, 0.3) is 5.91 Å². The number of rotatable bonds is 11. The zero-order valence-electron chi connectivity index (χ0n) is 27.5. The highest BCUT2D eigenvalue weighted by Crippen LogP contribution is 2.27. The number of carbonyl (C=O) groups excluding carboxylic acids is 2. The molecule has 12 nitrogen and oxygen atoms in total. The summed E-state index contributed by atoms with van der Waals surface area (Å²) in [5.41, 5.74) is 2.20. The first-order chi connectivity index (χ1) is 22.1. The van der Waals surface area contributed by atoms with E-state index >= 15 is 4.39 Å². The van der Waals surface area contributed by atoms with Crippen LogP contribution in [-0.2, 0) is 16.1 Å². The van der Waals surface area contributed by atoms with Crippen molar-refractivity contribution in [2.75, 3.05) is 64.1 Å². The van der Waals surface area contributed by atoms with E-state index in [0.29, 0.717) is 36.7 Å². The van der Waals surface area contributed by atoms with Gasteiger partial charge in [0, 0.05) is 44.4 Å². The molecule has 0 spiro atoms. The van der Waals surface area contributed by atoms with Crippen LogP contribution in [0, 0.1) is 11.7 Å². The van der Waals surface area contributed by atoms with E-state index in [9.17, 15) is 9.59 Å². The Balaban J connectivity index is 1.42. The van der Waals surface area contributed by atoms with Crippen LogP contribution in [-0.4, -0.2) is 101 Å². The molecule has 2 aromatic heterocycles. The molecule has 2 saturated heterocycles. The van der Waals surface area contributed by atoms with Crippen LogP contribution in [0.15, 0.2) is 36.5 Å². The summed E-state index contributed by atoms with van der Waals surface area (Å²) in [5, 5.41) is 11.1. The lowest BCUT2D eigenvalue weighted by atomic mass is 9.97. The topological polar surface area (TPSA) is 120 Å². The summed E-state index contributed by atoms with van der Waals surface area (Å²) in [7, 11) is 5.86. The molecule has 5 rings (SSSR count). The molecule has 2 fully saturated rings. The highest BCUT2D eigenvalue weighted by atomic mass is 19.1. The van der Waals surface area contributed by atoms with Gasteiger partial charge in [0.05, 0.1) is 17.8 Å². The monoisotopic (exact) mass is 635 g/mol. The van der Waals surface area contributed by atoms with Gasteiger partial charge in [-0.15, -0.1) is 0 Å². The van der Waals surface area contributed by atoms with Gasteiger partial charge in [-0.25, -0.2) is 9.29 Å². The number of piperidine rings is 2. The molecule has 1 aromatic carbocycles. The first-order valence-corrected chi connectivity index (χ1v) is 16.1. The van der Waals surface area contributed by atoms with Gasteiger partial charge in [-0.2, -0.15) is 19.6 Å². The van der Waals surface area contributed by atoms with Crippen molar-refractivity contribution in [1.29, 1.82) is 0 Å². The molecule has 3 aromatic rings. The predicted molar refractivity (Wildman–Crippen MR) is 176 cm³/mol. The molecule has 248 valence electrons. The fourth-order valence-electron chi connectivity index (χ4n) is 5.75. The molecule has 0 saturated carbocycles. The zero-order valence-corrected chi connectivity index (χ0v) is 27.5. The third-order valence-corrected chi connectivity index (χ3v) is 8.45. The Hall–Kier alpha value is -3.94. The fraction of sp³-hybridized carbons (Fsp3) is 0.545. The Morgan fingerprint density at radius 1 is 1.20 bits per heavy atom. The van der Waals surface area contributed by atoms with Crippen LogP contribution >= 0.6 is 0 Å². The number of halogens is 1. The van der Waals surface area contributed by atoms with Crippen molar-refractivity contribution in [1.82, 2.24) is 34.7 Å². The van der Waals surface area contributed by atoms with E-state index in [1.807, 2.05) is 19.0 Å². The molecule has 0 bridgehead atoms. The lowest BCUT2D eigenvalue weighted by Gasteiger charge is -2.28. The number of benzene rings is 1. The summed E-state index contributed by atoms with van der Waals surface area (Å²) < 4.78 is 23.3. The Kier molecular flexibility index (Phi) is 11.0. The summed E-state index contributed by atoms with van der Waals surface area (Å²) in [4.78, 5) is 41.7. The highest BCUT2D eigenvalue weighted by Gasteiger charge is 2.32. The quantitative estimate of drug-likeness (QED) is 0.303. The smallest absolute Gasteiger partial charge is 0.322 e. The molecule has 2 aliphatic rings. The lowest BCUT2D eigenvalue weighted by molar-refractivity contribution is -0.127. The number of nitrogens with zero attached hydrogens (tertiary/aromatic N) is 7. The molecule has 2 N–H and O–H groups in total. The molecule has 1 atom stereocenters. The van der Waals surface area contributed by atoms with Gasteiger partial charge in [-0.3, -0.25) is 9.59 Å². The second-order valence-electron chi connectivity index (χ2n) is 12.8. The minimum atomic E-state index is -0.651. The van der Waals surface area contributed by atoms with Crippen LogP contribution in [0.2, 0.25) is 0 Å². The van der Waals surface area contributed by atoms with Crippen LogP contribution in [0.25, 0.3) is 5.65 Å². The largest absolute Gasteiger partial charge is 0.460 e. The average molecular weight is 636 g/mol. The number of anilines is 2. The number of imide groups is 1. The molecule has 0 radical (unpaired) electrons. The maximum absolute atomic E-state index is 15.4. The van der Waals surface area contributed by atoms with Gasteiger partial charge < -0.3 is 25.2 Å². The zero-order chi connectivity index (χ0) is 32.8. The van der Waals surface area contributed by atoms with E-state index in [2.05, 4.69) is 46.5 Å². The fourth-order valence-corrected chi connectivity index (χ4v) is 5.75. The summed E-state index contributed by atoms with van der Waals surface area (Å²) >= 11 is 0. The molecular formula is C33H46FN9O3. The standard InChI is InChI=1S/C33H46FN9O3/c1-22(2)26-21-37-43-30(26)38-33(46-25-12-16-41(5)17-13-25)39-32(43)36-19-23-10-11-27(34)28(18-23)42(29(44)9-7-15-40(3)4)31(45)24-8-6-14-35-20-24/h7,9-11,18,21-22,24-25,35H,6,8,12-17,19-20H2,1-5H3,(H,36,38,39). The van der Waals surface area contributed by atoms with E-state index in [0.717, 1.165) is 49.4 Å². The number of carbonyl (C=O) groups is 2. The second-order valence-corrected chi connectivity index (χ2v) is 12.8. The Labute approximate surface area is 270 Å². The maximum Gasteiger partial charge on any atom is 0.322 e. The van der Waals surface area contributed by atoms with Crippen LogP contribution in [0.4, 0.5) is 16.0 Å². The molecule has 2 amide bonds. The molecule has 2 aliphatic heterocycles. The number of ether oxygens (including phenoxy) is 1. The third kappa shape index (κ3) is 8.06. The maximum atomic E-state index is 15.4. The molecule has 13 heteroatoms. The third-order valence-electron chi connectivity index (χ3n) is 8.45. The van der Waals surface area contributed by atoms with Crippen molar-refractivity contribution in [2.24, 2.45) is 5.92 Å². The van der Waals surface area contributed by atoms with E-state index in [1.54, 1.807) is 28.9 Å². The summed E-state index contributed by atoms with van der Waals surface area (Å²) in [6, 6.07) is 4.74. The molecule has 4 heterocycles. The summed E-state index contributed by atoms with van der Waals surface area (Å²) in [6.45, 7) is 8.04. The van der Waals surface area contributed by atoms with Crippen molar-refractivity contribution in [3.05, 3.63) is 53.5 Å². The molecular weight excluding hydrogens is 589 g/mol. The highest BCUT2D eigenvalue weighted by molar-refractivity contribution is 6.19. The van der Waals surface area contributed by atoms with E-state index in [1.165, 1.54) is 12.1 Å². The lowest BCUT2D eigenvalue weighted by Crippen LogP contribution is -2.46. The Morgan fingerprint density at radius 2 is 1.98 bits per heavy atom. The minimum absolute atomic E-state index is 0.0174. The first-order valence-electron chi connectivity index (χ1n) is 16.1. The number of aromatic nitrogens is 4. The van der Waals surface area contributed by atoms with Gasteiger partial charge in [0.15, 0.2) is 5.65 Å². The number of fused-ring (bicyclic) bond motifs is 1. The minimum Gasteiger partial charge on any atom is -0.460 e. The van der Waals surface area contributed by atoms with Gasteiger partial charge in [0.1, 0.15) is 11.9 Å². The SMILES string of the molecule is CC(C)c1cnn2c(NCc3ccc(F)c(N(C(=O)C=CCN(C)C)C(=O)C4CCCNC4)c3)nc(OC3CCN(C)CC3)nc12. The average Bonchev–Trinajstić information content (AvgIpc) is 3.47. The summed E-state index contributed by atoms with van der Waals surface area (Å²) in [5.74, 6) is -1.46. The normalized spacial score (nSPS) is 18.1. The Morgan fingerprint density at radius 3 is 2.67 bits per heavy atom. The van der Waals surface area contributed by atoms with Crippen molar-refractivity contribution in [2.45, 2.75) is 58.1 Å². The van der Waals surface area contributed by atoms with E-state index in [-0.39, 0.29) is 30.3 Å². The number of amides is 2. The predicted octanol–water partition coefficient (Wildman–Crippen LogP) is 3.45. The van der Waals surface area contributed by atoms with Gasteiger partial charge >= 0.3 is 6.01 Å². The first kappa shape index (κ1) is 33.4. The van der Waals surface area contributed by atoms with E-state index < -0.39 is 23.5 Å². The van der Waals surface area contributed by atoms with Gasteiger partial charge in [-0.05, 0) is 77.0 Å². The number of hydrogen-bond acceptors (Lipinski definition) is 10. The van der Waals surface area contributed by atoms with Crippen LogP contribution in [0.5, 0.6) is 6.01 Å². The number of hydrogen-bond donors (Lipinski definition) is 2. The van der Waals surface area contributed by atoms with Crippen LogP contribution < -0.4 is 20.3 Å². The Bertz CT molecular complexity index is 1540. The number of nitrogens with one attached hydrogen (secondary N) is 2. The van der Waals surface area contributed by atoms with Crippen molar-refractivity contribution in [3.63, 3.8) is 0 Å². The second kappa shape index (κ2) is 15.1. The van der Waals surface area contributed by atoms with Crippen LogP contribution in [0.3, 0.4) is 0 Å². The van der Waals surface area contributed by atoms with Crippen molar-refractivity contribution < 1.29 is 18.7 Å².